The zero-order valence-electron chi connectivity index (χ0n) is 12.9. The minimum atomic E-state index is -0.970. The van der Waals surface area contributed by atoms with Crippen LogP contribution in [-0.4, -0.2) is 42.6 Å². The van der Waals surface area contributed by atoms with E-state index >= 15 is 0 Å². The van der Waals surface area contributed by atoms with E-state index in [1.807, 2.05) is 6.07 Å². The second-order valence-corrected chi connectivity index (χ2v) is 5.49. The first-order valence-electron chi connectivity index (χ1n) is 7.39. The number of rotatable bonds is 6. The molecule has 1 aliphatic heterocycles. The number of fused-ring (bicyclic) bond motifs is 1. The summed E-state index contributed by atoms with van der Waals surface area (Å²) in [6.45, 7) is 0.511. The monoisotopic (exact) mass is 320 g/mol. The van der Waals surface area contributed by atoms with Crippen LogP contribution >= 0.6 is 0 Å². The van der Waals surface area contributed by atoms with E-state index in [-0.39, 0.29) is 31.1 Å². The third-order valence-electron chi connectivity index (χ3n) is 3.87. The number of hydrogen-bond acceptors (Lipinski definition) is 5. The Morgan fingerprint density at radius 2 is 2.13 bits per heavy atom. The van der Waals surface area contributed by atoms with Crippen molar-refractivity contribution in [3.8, 4) is 0 Å². The number of esters is 1. The number of carbonyl (C=O) groups is 3. The molecule has 0 fully saturated rings. The van der Waals surface area contributed by atoms with E-state index in [1.165, 1.54) is 7.11 Å². The lowest BCUT2D eigenvalue weighted by Gasteiger charge is -2.21. The number of anilines is 1. The minimum absolute atomic E-state index is 0.112. The lowest BCUT2D eigenvalue weighted by Crippen LogP contribution is -2.43. The number of nitrogens with two attached hydrogens (primary N) is 1. The van der Waals surface area contributed by atoms with Crippen molar-refractivity contribution in [2.24, 2.45) is 5.73 Å². The largest absolute Gasteiger partial charge is 0.481 e. The van der Waals surface area contributed by atoms with Crippen LogP contribution in [0.1, 0.15) is 24.0 Å². The van der Waals surface area contributed by atoms with Gasteiger partial charge in [0.05, 0.1) is 19.6 Å². The van der Waals surface area contributed by atoms with Gasteiger partial charge in [-0.3, -0.25) is 14.4 Å². The first-order chi connectivity index (χ1) is 10.9. The molecule has 0 unspecified atom stereocenters. The number of carboxylic acids is 1. The van der Waals surface area contributed by atoms with Crippen molar-refractivity contribution in [1.29, 1.82) is 0 Å². The quantitative estimate of drug-likeness (QED) is 0.738. The zero-order chi connectivity index (χ0) is 17.0. The van der Waals surface area contributed by atoms with Crippen LogP contribution in [-0.2, 0) is 32.0 Å². The van der Waals surface area contributed by atoms with Gasteiger partial charge in [0, 0.05) is 18.7 Å². The summed E-state index contributed by atoms with van der Waals surface area (Å²) in [6, 6.07) is 4.64. The molecule has 7 heteroatoms. The first-order valence-corrected chi connectivity index (χ1v) is 7.39. The predicted molar refractivity (Wildman–Crippen MR) is 83.1 cm³/mol. The number of amides is 1. The van der Waals surface area contributed by atoms with E-state index < -0.39 is 12.0 Å². The van der Waals surface area contributed by atoms with Crippen molar-refractivity contribution in [2.75, 3.05) is 18.6 Å². The average Bonchev–Trinajstić information content (AvgIpc) is 2.94. The molecule has 23 heavy (non-hydrogen) atoms. The molecule has 0 aromatic heterocycles. The molecule has 2 rings (SSSR count). The average molecular weight is 320 g/mol. The second kappa shape index (κ2) is 7.23. The molecule has 0 bridgehead atoms. The van der Waals surface area contributed by atoms with Crippen LogP contribution in [0.25, 0.3) is 0 Å². The Hall–Kier alpha value is -2.41. The molecule has 1 aliphatic rings. The summed E-state index contributed by atoms with van der Waals surface area (Å²) in [5, 5.41) is 8.67. The molecule has 1 heterocycles. The summed E-state index contributed by atoms with van der Waals surface area (Å²) in [5.74, 6) is -1.56. The van der Waals surface area contributed by atoms with Crippen LogP contribution < -0.4 is 10.6 Å². The maximum absolute atomic E-state index is 12.4. The van der Waals surface area contributed by atoms with Crippen molar-refractivity contribution in [3.05, 3.63) is 29.3 Å². The molecular formula is C16H20N2O5. The molecular weight excluding hydrogens is 300 g/mol. The van der Waals surface area contributed by atoms with Crippen molar-refractivity contribution in [1.82, 2.24) is 0 Å². The van der Waals surface area contributed by atoms with Gasteiger partial charge in [0.15, 0.2) is 0 Å². The number of ether oxygens (including phenoxy) is 1. The SMILES string of the molecule is COC(=O)Cc1ccc2c(c1)CCN2C(=O)[C@@H](N)CCC(=O)O. The number of benzene rings is 1. The van der Waals surface area contributed by atoms with Crippen molar-refractivity contribution >= 4 is 23.5 Å². The summed E-state index contributed by atoms with van der Waals surface area (Å²) < 4.78 is 4.64. The molecule has 1 aromatic carbocycles. The van der Waals surface area contributed by atoms with Gasteiger partial charge < -0.3 is 20.5 Å². The Balaban J connectivity index is 2.08. The maximum atomic E-state index is 12.4. The molecule has 0 radical (unpaired) electrons. The highest BCUT2D eigenvalue weighted by atomic mass is 16.5. The van der Waals surface area contributed by atoms with E-state index in [0.717, 1.165) is 16.8 Å². The minimum Gasteiger partial charge on any atom is -0.481 e. The molecule has 1 amide bonds. The van der Waals surface area contributed by atoms with Crippen molar-refractivity contribution < 1.29 is 24.2 Å². The highest BCUT2D eigenvalue weighted by Gasteiger charge is 2.28. The highest BCUT2D eigenvalue weighted by Crippen LogP contribution is 2.29. The lowest BCUT2D eigenvalue weighted by molar-refractivity contribution is -0.140. The number of aliphatic carboxylic acids is 1. The van der Waals surface area contributed by atoms with Crippen LogP contribution in [0.5, 0.6) is 0 Å². The molecule has 124 valence electrons. The van der Waals surface area contributed by atoms with Gasteiger partial charge in [-0.2, -0.15) is 0 Å². The van der Waals surface area contributed by atoms with Crippen LogP contribution in [0.2, 0.25) is 0 Å². The Morgan fingerprint density at radius 1 is 1.39 bits per heavy atom. The summed E-state index contributed by atoms with van der Waals surface area (Å²) >= 11 is 0. The Labute approximate surface area is 134 Å². The molecule has 0 saturated heterocycles. The molecule has 1 atom stereocenters. The fourth-order valence-electron chi connectivity index (χ4n) is 2.64. The molecule has 3 N–H and O–H groups in total. The van der Waals surface area contributed by atoms with E-state index in [9.17, 15) is 14.4 Å². The van der Waals surface area contributed by atoms with Gasteiger partial charge >= 0.3 is 11.9 Å². The van der Waals surface area contributed by atoms with E-state index in [2.05, 4.69) is 4.74 Å². The van der Waals surface area contributed by atoms with Crippen molar-refractivity contribution in [3.63, 3.8) is 0 Å². The van der Waals surface area contributed by atoms with Crippen molar-refractivity contribution in [2.45, 2.75) is 31.7 Å². The normalized spacial score (nSPS) is 14.3. The van der Waals surface area contributed by atoms with Gasteiger partial charge in [-0.1, -0.05) is 12.1 Å². The molecule has 0 spiro atoms. The summed E-state index contributed by atoms with van der Waals surface area (Å²) in [4.78, 5) is 35.8. The van der Waals surface area contributed by atoms with E-state index in [4.69, 9.17) is 10.8 Å². The predicted octanol–water partition coefficient (Wildman–Crippen LogP) is 0.483. The fraction of sp³-hybridized carbons (Fsp3) is 0.438. The highest BCUT2D eigenvalue weighted by molar-refractivity contribution is 5.99. The summed E-state index contributed by atoms with van der Waals surface area (Å²) in [5.41, 5.74) is 8.38. The van der Waals surface area contributed by atoms with Crippen LogP contribution in [0.15, 0.2) is 18.2 Å². The smallest absolute Gasteiger partial charge is 0.309 e. The van der Waals surface area contributed by atoms with Crippen LogP contribution in [0.4, 0.5) is 5.69 Å². The molecule has 7 nitrogen and oxygen atoms in total. The Bertz CT molecular complexity index is 629. The fourth-order valence-corrected chi connectivity index (χ4v) is 2.64. The van der Waals surface area contributed by atoms with Gasteiger partial charge in [0.1, 0.15) is 0 Å². The van der Waals surface area contributed by atoms with Gasteiger partial charge in [-0.15, -0.1) is 0 Å². The number of nitrogens with zero attached hydrogens (tertiary/aromatic N) is 1. The molecule has 1 aromatic rings. The third-order valence-corrected chi connectivity index (χ3v) is 3.87. The standard InChI is InChI=1S/C16H20N2O5/c1-23-15(21)9-10-2-4-13-11(8-10)6-7-18(13)16(22)12(17)3-5-14(19)20/h2,4,8,12H,3,5-7,9,17H2,1H3,(H,19,20)/t12-/m0/s1. The van der Waals surface area contributed by atoms with Gasteiger partial charge in [0.2, 0.25) is 5.91 Å². The summed E-state index contributed by atoms with van der Waals surface area (Å²) in [6.07, 6.45) is 0.851. The zero-order valence-corrected chi connectivity index (χ0v) is 12.9. The Morgan fingerprint density at radius 3 is 2.78 bits per heavy atom. The van der Waals surface area contributed by atoms with E-state index in [0.29, 0.717) is 13.0 Å². The summed E-state index contributed by atoms with van der Waals surface area (Å²) in [7, 11) is 1.34. The van der Waals surface area contributed by atoms with Gasteiger partial charge in [-0.05, 0) is 30.0 Å². The van der Waals surface area contributed by atoms with E-state index in [1.54, 1.807) is 17.0 Å². The topological polar surface area (TPSA) is 110 Å². The van der Waals surface area contributed by atoms with Gasteiger partial charge in [0.25, 0.3) is 0 Å². The third kappa shape index (κ3) is 4.07. The second-order valence-electron chi connectivity index (χ2n) is 5.49. The van der Waals surface area contributed by atoms with Gasteiger partial charge in [-0.25, -0.2) is 0 Å². The van der Waals surface area contributed by atoms with Crippen LogP contribution in [0, 0.1) is 0 Å². The molecule has 0 saturated carbocycles. The number of hydrogen-bond donors (Lipinski definition) is 2. The molecule has 0 aliphatic carbocycles. The lowest BCUT2D eigenvalue weighted by atomic mass is 10.1. The first kappa shape index (κ1) is 17.0. The van der Waals surface area contributed by atoms with Crippen LogP contribution in [0.3, 0.4) is 0 Å². The number of carbonyl (C=O) groups excluding carboxylic acids is 2. The maximum Gasteiger partial charge on any atom is 0.309 e. The number of methoxy groups -OCH3 is 1. The Kier molecular flexibility index (Phi) is 5.33. The number of carboxylic acid groups (broad SMARTS) is 1.